The van der Waals surface area contributed by atoms with Gasteiger partial charge in [-0.3, -0.25) is 14.6 Å². The molecule has 2 rings (SSSR count). The molecular weight excluding hydrogens is 358 g/mol. The maximum Gasteiger partial charge on any atom is 0.274 e. The molecule has 5 nitrogen and oxygen atoms in total. The summed E-state index contributed by atoms with van der Waals surface area (Å²) < 4.78 is 0.866. The molecule has 120 valence electrons. The van der Waals surface area contributed by atoms with Gasteiger partial charge in [0.25, 0.3) is 11.8 Å². The van der Waals surface area contributed by atoms with E-state index < -0.39 is 0 Å². The van der Waals surface area contributed by atoms with Crippen LogP contribution in [0.2, 0.25) is 0 Å². The molecule has 0 spiro atoms. The van der Waals surface area contributed by atoms with E-state index in [2.05, 4.69) is 31.5 Å². The average Bonchev–Trinajstić information content (AvgIpc) is 2.54. The van der Waals surface area contributed by atoms with E-state index in [1.165, 1.54) is 12.3 Å². The van der Waals surface area contributed by atoms with E-state index in [1.54, 1.807) is 18.2 Å². The second-order valence-corrected chi connectivity index (χ2v) is 6.09. The molecule has 2 amide bonds. The number of aromatic nitrogens is 1. The Kier molecular flexibility index (Phi) is 5.87. The van der Waals surface area contributed by atoms with Crippen molar-refractivity contribution < 1.29 is 9.59 Å². The molecule has 1 unspecified atom stereocenters. The lowest BCUT2D eigenvalue weighted by Crippen LogP contribution is -2.32. The Labute approximate surface area is 143 Å². The number of amides is 2. The molecule has 1 atom stereocenters. The van der Waals surface area contributed by atoms with Crippen molar-refractivity contribution in [2.24, 2.45) is 0 Å². The van der Waals surface area contributed by atoms with Crippen LogP contribution in [0.25, 0.3) is 0 Å². The number of pyridine rings is 1. The van der Waals surface area contributed by atoms with E-state index >= 15 is 0 Å². The largest absolute Gasteiger partial charge is 0.350 e. The van der Waals surface area contributed by atoms with Crippen molar-refractivity contribution in [1.29, 1.82) is 0 Å². The SMILES string of the molecule is CCC(C)NC(=O)c1ccnc(C(=O)Nc2cccc(Br)c2)c1. The van der Waals surface area contributed by atoms with E-state index in [1.807, 2.05) is 26.0 Å². The summed E-state index contributed by atoms with van der Waals surface area (Å²) in [7, 11) is 0. The monoisotopic (exact) mass is 375 g/mol. The zero-order chi connectivity index (χ0) is 16.8. The molecule has 0 radical (unpaired) electrons. The molecule has 0 aliphatic rings. The maximum atomic E-state index is 12.3. The van der Waals surface area contributed by atoms with Crippen LogP contribution in [0.15, 0.2) is 47.1 Å². The van der Waals surface area contributed by atoms with Crippen molar-refractivity contribution in [1.82, 2.24) is 10.3 Å². The third kappa shape index (κ3) is 4.89. The molecule has 1 aromatic carbocycles. The van der Waals surface area contributed by atoms with Gasteiger partial charge in [0.1, 0.15) is 5.69 Å². The number of rotatable bonds is 5. The van der Waals surface area contributed by atoms with Crippen LogP contribution >= 0.6 is 15.9 Å². The van der Waals surface area contributed by atoms with Crippen LogP contribution in [0.3, 0.4) is 0 Å². The van der Waals surface area contributed by atoms with Crippen molar-refractivity contribution in [2.75, 3.05) is 5.32 Å². The second-order valence-electron chi connectivity index (χ2n) is 5.18. The smallest absolute Gasteiger partial charge is 0.274 e. The van der Waals surface area contributed by atoms with Crippen molar-refractivity contribution in [2.45, 2.75) is 26.3 Å². The van der Waals surface area contributed by atoms with Crippen LogP contribution in [0.5, 0.6) is 0 Å². The molecule has 2 N–H and O–H groups in total. The van der Waals surface area contributed by atoms with E-state index in [-0.39, 0.29) is 23.6 Å². The van der Waals surface area contributed by atoms with E-state index in [0.29, 0.717) is 11.3 Å². The predicted molar refractivity (Wildman–Crippen MR) is 93.6 cm³/mol. The summed E-state index contributed by atoms with van der Waals surface area (Å²) in [6.45, 7) is 3.92. The molecule has 0 fully saturated rings. The first-order chi connectivity index (χ1) is 11.0. The van der Waals surface area contributed by atoms with Gasteiger partial charge in [-0.15, -0.1) is 0 Å². The third-order valence-corrected chi connectivity index (χ3v) is 3.82. The van der Waals surface area contributed by atoms with Gasteiger partial charge in [-0.2, -0.15) is 0 Å². The highest BCUT2D eigenvalue weighted by Crippen LogP contribution is 2.16. The number of anilines is 1. The van der Waals surface area contributed by atoms with E-state index in [9.17, 15) is 9.59 Å². The zero-order valence-electron chi connectivity index (χ0n) is 13.0. The van der Waals surface area contributed by atoms with Gasteiger partial charge in [0.2, 0.25) is 0 Å². The molecule has 2 aromatic rings. The Balaban J connectivity index is 2.12. The number of nitrogens with zero attached hydrogens (tertiary/aromatic N) is 1. The van der Waals surface area contributed by atoms with Crippen molar-refractivity contribution in [3.8, 4) is 0 Å². The molecule has 0 saturated heterocycles. The lowest BCUT2D eigenvalue weighted by molar-refractivity contribution is 0.0939. The Morgan fingerprint density at radius 3 is 2.70 bits per heavy atom. The summed E-state index contributed by atoms with van der Waals surface area (Å²) in [4.78, 5) is 28.4. The quantitative estimate of drug-likeness (QED) is 0.837. The van der Waals surface area contributed by atoms with Crippen molar-refractivity contribution in [3.05, 3.63) is 58.3 Å². The number of hydrogen-bond donors (Lipinski definition) is 2. The van der Waals surface area contributed by atoms with Crippen LogP contribution in [-0.4, -0.2) is 22.8 Å². The molecule has 0 aliphatic carbocycles. The van der Waals surface area contributed by atoms with Gasteiger partial charge >= 0.3 is 0 Å². The minimum atomic E-state index is -0.360. The van der Waals surface area contributed by atoms with Gasteiger partial charge in [0, 0.05) is 28.0 Å². The van der Waals surface area contributed by atoms with Crippen LogP contribution in [0, 0.1) is 0 Å². The van der Waals surface area contributed by atoms with Crippen LogP contribution in [0.1, 0.15) is 41.1 Å². The number of halogens is 1. The second kappa shape index (κ2) is 7.87. The average molecular weight is 376 g/mol. The fraction of sp³-hybridized carbons (Fsp3) is 0.235. The first-order valence-corrected chi connectivity index (χ1v) is 8.12. The summed E-state index contributed by atoms with van der Waals surface area (Å²) in [6.07, 6.45) is 2.30. The minimum absolute atomic E-state index is 0.0783. The maximum absolute atomic E-state index is 12.3. The number of carbonyl (C=O) groups excluding carboxylic acids is 2. The van der Waals surface area contributed by atoms with Gasteiger partial charge in [-0.1, -0.05) is 28.9 Å². The normalized spacial score (nSPS) is 11.6. The molecule has 0 aliphatic heterocycles. The fourth-order valence-electron chi connectivity index (χ4n) is 1.87. The summed E-state index contributed by atoms with van der Waals surface area (Å²) in [6, 6.07) is 10.4. The Morgan fingerprint density at radius 2 is 2.00 bits per heavy atom. The highest BCUT2D eigenvalue weighted by molar-refractivity contribution is 9.10. The molecule has 23 heavy (non-hydrogen) atoms. The molecule has 1 aromatic heterocycles. The molecule has 6 heteroatoms. The first kappa shape index (κ1) is 17.1. The highest BCUT2D eigenvalue weighted by atomic mass is 79.9. The zero-order valence-corrected chi connectivity index (χ0v) is 14.6. The Bertz CT molecular complexity index is 718. The first-order valence-electron chi connectivity index (χ1n) is 7.33. The Hall–Kier alpha value is -2.21. The topological polar surface area (TPSA) is 71.1 Å². The summed E-state index contributed by atoms with van der Waals surface area (Å²) in [5, 5.41) is 5.62. The fourth-order valence-corrected chi connectivity index (χ4v) is 2.27. The summed E-state index contributed by atoms with van der Waals surface area (Å²) >= 11 is 3.35. The van der Waals surface area contributed by atoms with Gasteiger partial charge < -0.3 is 10.6 Å². The van der Waals surface area contributed by atoms with Gasteiger partial charge in [0.15, 0.2) is 0 Å². The Morgan fingerprint density at radius 1 is 1.22 bits per heavy atom. The van der Waals surface area contributed by atoms with Crippen molar-refractivity contribution >= 4 is 33.4 Å². The van der Waals surface area contributed by atoms with E-state index in [0.717, 1.165) is 10.9 Å². The number of hydrogen-bond acceptors (Lipinski definition) is 3. The molecule has 0 bridgehead atoms. The summed E-state index contributed by atoms with van der Waals surface area (Å²) in [5.74, 6) is -0.570. The van der Waals surface area contributed by atoms with Crippen LogP contribution < -0.4 is 10.6 Å². The van der Waals surface area contributed by atoms with Gasteiger partial charge in [-0.05, 0) is 43.7 Å². The number of nitrogens with one attached hydrogen (secondary N) is 2. The lowest BCUT2D eigenvalue weighted by Gasteiger charge is -2.11. The molecule has 0 saturated carbocycles. The lowest BCUT2D eigenvalue weighted by atomic mass is 10.2. The molecule has 1 heterocycles. The third-order valence-electron chi connectivity index (χ3n) is 3.33. The predicted octanol–water partition coefficient (Wildman–Crippen LogP) is 3.62. The van der Waals surface area contributed by atoms with Crippen molar-refractivity contribution in [3.63, 3.8) is 0 Å². The minimum Gasteiger partial charge on any atom is -0.350 e. The van der Waals surface area contributed by atoms with Gasteiger partial charge in [-0.25, -0.2) is 0 Å². The molecular formula is C17H18BrN3O2. The standard InChI is InChI=1S/C17H18BrN3O2/c1-3-11(2)20-16(22)12-7-8-19-15(9-12)17(23)21-14-6-4-5-13(18)10-14/h4-11H,3H2,1-2H3,(H,20,22)(H,21,23). The summed E-state index contributed by atoms with van der Waals surface area (Å²) in [5.41, 5.74) is 1.27. The number of benzene rings is 1. The number of carbonyl (C=O) groups is 2. The van der Waals surface area contributed by atoms with Crippen LogP contribution in [0.4, 0.5) is 5.69 Å². The van der Waals surface area contributed by atoms with E-state index in [4.69, 9.17) is 0 Å². The van der Waals surface area contributed by atoms with Gasteiger partial charge in [0.05, 0.1) is 0 Å². The highest BCUT2D eigenvalue weighted by Gasteiger charge is 2.13. The van der Waals surface area contributed by atoms with Crippen LogP contribution in [-0.2, 0) is 0 Å².